The van der Waals surface area contributed by atoms with Crippen molar-refractivity contribution in [3.63, 3.8) is 0 Å². The van der Waals surface area contributed by atoms with Gasteiger partial charge >= 0.3 is 11.7 Å². The van der Waals surface area contributed by atoms with Crippen LogP contribution in [0.2, 0.25) is 0 Å². The van der Waals surface area contributed by atoms with E-state index in [1.807, 2.05) is 0 Å². The molecule has 0 atom stereocenters. The molecule has 0 saturated carbocycles. The van der Waals surface area contributed by atoms with Gasteiger partial charge in [-0.05, 0) is 42.8 Å². The van der Waals surface area contributed by atoms with Crippen LogP contribution in [0.1, 0.15) is 22.8 Å². The summed E-state index contributed by atoms with van der Waals surface area (Å²) in [4.78, 5) is 42.4. The van der Waals surface area contributed by atoms with E-state index >= 15 is 0 Å². The van der Waals surface area contributed by atoms with Gasteiger partial charge in [-0.2, -0.15) is 4.98 Å². The second kappa shape index (κ2) is 10.9. The summed E-state index contributed by atoms with van der Waals surface area (Å²) in [6.45, 7) is 3.13. The Bertz CT molecular complexity index is 1190. The Balaban J connectivity index is 0.00000385. The highest BCUT2D eigenvalue weighted by molar-refractivity contribution is 5.98. The van der Waals surface area contributed by atoms with Crippen molar-refractivity contribution in [2.24, 2.45) is 0 Å². The third-order valence-electron chi connectivity index (χ3n) is 4.34. The number of amides is 1. The van der Waals surface area contributed by atoms with E-state index in [1.165, 1.54) is 14.0 Å². The highest BCUT2D eigenvalue weighted by atomic mass is 35.5. The van der Waals surface area contributed by atoms with Gasteiger partial charge in [0.05, 0.1) is 23.3 Å². The zero-order valence-corrected chi connectivity index (χ0v) is 18.7. The average molecular weight is 473 g/mol. The molecule has 2 aromatic carbocycles. The quantitative estimate of drug-likeness (QED) is 0.259. The van der Waals surface area contributed by atoms with E-state index in [9.17, 15) is 19.7 Å². The summed E-state index contributed by atoms with van der Waals surface area (Å²) in [5.41, 5.74) is 2.04. The van der Waals surface area contributed by atoms with Gasteiger partial charge in [0.15, 0.2) is 0 Å². The number of esters is 1. The Morgan fingerprint density at radius 3 is 2.33 bits per heavy atom. The van der Waals surface area contributed by atoms with Crippen molar-refractivity contribution < 1.29 is 19.2 Å². The number of nitrogens with one attached hydrogen (secondary N) is 3. The normalized spacial score (nSPS) is 9.91. The van der Waals surface area contributed by atoms with Crippen LogP contribution in [0.5, 0.6) is 0 Å². The number of rotatable bonds is 7. The van der Waals surface area contributed by atoms with Gasteiger partial charge in [0, 0.05) is 18.3 Å². The summed E-state index contributed by atoms with van der Waals surface area (Å²) in [5, 5.41) is 19.9. The summed E-state index contributed by atoms with van der Waals surface area (Å²) >= 11 is 0. The molecule has 0 bridgehead atoms. The van der Waals surface area contributed by atoms with E-state index in [1.54, 1.807) is 49.4 Å². The second-order valence-electron chi connectivity index (χ2n) is 6.68. The van der Waals surface area contributed by atoms with Crippen LogP contribution in [0, 0.1) is 17.0 Å². The van der Waals surface area contributed by atoms with Crippen molar-refractivity contribution in [3.8, 4) is 0 Å². The molecular formula is C21H21ClN6O5. The minimum Gasteiger partial charge on any atom is -0.465 e. The molecule has 1 heterocycles. The molecule has 3 N–H and O–H groups in total. The van der Waals surface area contributed by atoms with Gasteiger partial charge in [-0.3, -0.25) is 14.9 Å². The van der Waals surface area contributed by atoms with E-state index in [2.05, 4.69) is 25.9 Å². The topological polar surface area (TPSA) is 148 Å². The third-order valence-corrected chi connectivity index (χ3v) is 4.34. The number of aryl methyl sites for hydroxylation is 1. The maximum atomic E-state index is 12.2. The van der Waals surface area contributed by atoms with Crippen LogP contribution in [-0.4, -0.2) is 33.9 Å². The third kappa shape index (κ3) is 6.14. The highest BCUT2D eigenvalue weighted by Crippen LogP contribution is 2.30. The lowest BCUT2D eigenvalue weighted by Gasteiger charge is -2.13. The van der Waals surface area contributed by atoms with Gasteiger partial charge in [0.1, 0.15) is 6.20 Å². The van der Waals surface area contributed by atoms with Gasteiger partial charge in [0.2, 0.25) is 17.7 Å². The first kappa shape index (κ1) is 25.0. The fourth-order valence-corrected chi connectivity index (χ4v) is 2.90. The van der Waals surface area contributed by atoms with Crippen molar-refractivity contribution in [1.82, 2.24) is 9.97 Å². The van der Waals surface area contributed by atoms with Gasteiger partial charge in [-0.1, -0.05) is 12.1 Å². The number of carbonyl (C=O) groups excluding carboxylic acids is 2. The van der Waals surface area contributed by atoms with Crippen molar-refractivity contribution in [2.45, 2.75) is 13.8 Å². The zero-order chi connectivity index (χ0) is 23.3. The summed E-state index contributed by atoms with van der Waals surface area (Å²) in [6, 6.07) is 11.8. The Kier molecular flexibility index (Phi) is 8.24. The first-order valence-electron chi connectivity index (χ1n) is 9.39. The fraction of sp³-hybridized carbons (Fsp3) is 0.143. The molecule has 0 radical (unpaired) electrons. The lowest BCUT2D eigenvalue weighted by molar-refractivity contribution is -0.384. The van der Waals surface area contributed by atoms with Gasteiger partial charge < -0.3 is 20.7 Å². The molecule has 0 aliphatic rings. The number of carbonyl (C=O) groups is 2. The predicted octanol–water partition coefficient (Wildman–Crippen LogP) is 4.35. The molecule has 1 aromatic heterocycles. The molecule has 3 aromatic rings. The molecule has 12 heteroatoms. The maximum absolute atomic E-state index is 12.2. The molecule has 0 unspecified atom stereocenters. The lowest BCUT2D eigenvalue weighted by atomic mass is 10.1. The number of halogens is 1. The van der Waals surface area contributed by atoms with Crippen molar-refractivity contribution in [2.75, 3.05) is 23.1 Å². The van der Waals surface area contributed by atoms with Crippen molar-refractivity contribution >= 4 is 58.8 Å². The first-order valence-corrected chi connectivity index (χ1v) is 9.39. The van der Waals surface area contributed by atoms with E-state index < -0.39 is 10.9 Å². The van der Waals surface area contributed by atoms with E-state index in [4.69, 9.17) is 4.74 Å². The van der Waals surface area contributed by atoms with Crippen LogP contribution in [0.4, 0.5) is 34.5 Å². The molecule has 0 fully saturated rings. The monoisotopic (exact) mass is 472 g/mol. The second-order valence-corrected chi connectivity index (χ2v) is 6.68. The van der Waals surface area contributed by atoms with Crippen LogP contribution < -0.4 is 16.0 Å². The van der Waals surface area contributed by atoms with Gasteiger partial charge in [-0.15, -0.1) is 12.4 Å². The van der Waals surface area contributed by atoms with Crippen LogP contribution in [0.25, 0.3) is 0 Å². The molecular weight excluding hydrogens is 452 g/mol. The van der Waals surface area contributed by atoms with Crippen molar-refractivity contribution in [1.29, 1.82) is 0 Å². The lowest BCUT2D eigenvalue weighted by Crippen LogP contribution is -2.10. The number of ether oxygens (including phenoxy) is 1. The van der Waals surface area contributed by atoms with E-state index in [0.717, 1.165) is 6.20 Å². The largest absolute Gasteiger partial charge is 0.465 e. The minimum absolute atomic E-state index is 0. The van der Waals surface area contributed by atoms with Gasteiger partial charge in [-0.25, -0.2) is 9.78 Å². The molecule has 0 aliphatic carbocycles. The maximum Gasteiger partial charge on any atom is 0.340 e. The number of aromatic nitrogens is 2. The molecule has 33 heavy (non-hydrogen) atoms. The number of methoxy groups -OCH3 is 1. The number of nitro groups is 1. The van der Waals surface area contributed by atoms with Crippen LogP contribution in [0.15, 0.2) is 48.7 Å². The highest BCUT2D eigenvalue weighted by Gasteiger charge is 2.21. The summed E-state index contributed by atoms with van der Waals surface area (Å²) in [5.74, 6) is -0.779. The van der Waals surface area contributed by atoms with E-state index in [-0.39, 0.29) is 41.3 Å². The Labute approximate surface area is 195 Å². The van der Waals surface area contributed by atoms with Crippen LogP contribution in [-0.2, 0) is 9.53 Å². The van der Waals surface area contributed by atoms with Crippen LogP contribution in [0.3, 0.4) is 0 Å². The number of nitrogens with zero attached hydrogens (tertiary/aromatic N) is 3. The molecule has 172 valence electrons. The molecule has 0 saturated heterocycles. The summed E-state index contributed by atoms with van der Waals surface area (Å²) in [6.07, 6.45) is 1.07. The minimum atomic E-state index is -0.623. The summed E-state index contributed by atoms with van der Waals surface area (Å²) < 4.78 is 4.83. The fourth-order valence-electron chi connectivity index (χ4n) is 2.90. The zero-order valence-electron chi connectivity index (χ0n) is 17.9. The molecule has 1 amide bonds. The number of hydrogen-bond donors (Lipinski definition) is 3. The SMILES string of the molecule is COC(=O)c1c(C)cccc1Nc1nc(Nc2ccc(NC(C)=O)cc2)ncc1[N+](=O)[O-].Cl. The molecule has 0 spiro atoms. The molecule has 11 nitrogen and oxygen atoms in total. The van der Waals surface area contributed by atoms with Crippen LogP contribution >= 0.6 is 12.4 Å². The van der Waals surface area contributed by atoms with E-state index in [0.29, 0.717) is 22.6 Å². The number of hydrogen-bond acceptors (Lipinski definition) is 9. The molecule has 3 rings (SSSR count). The Morgan fingerprint density at radius 1 is 1.06 bits per heavy atom. The molecule has 0 aliphatic heterocycles. The Hall–Kier alpha value is -4.25. The Morgan fingerprint density at radius 2 is 1.73 bits per heavy atom. The van der Waals surface area contributed by atoms with Gasteiger partial charge in [0.25, 0.3) is 0 Å². The summed E-state index contributed by atoms with van der Waals surface area (Å²) in [7, 11) is 1.25. The van der Waals surface area contributed by atoms with Crippen molar-refractivity contribution in [3.05, 3.63) is 69.9 Å². The average Bonchev–Trinajstić information content (AvgIpc) is 2.74. The first-order chi connectivity index (χ1) is 15.3. The number of anilines is 5. The predicted molar refractivity (Wildman–Crippen MR) is 126 cm³/mol. The smallest absolute Gasteiger partial charge is 0.340 e. The number of benzene rings is 2. The standard InChI is InChI=1S/C21H20N6O5.ClH/c1-12-5-4-6-16(18(12)20(29)32-3)25-19-17(27(30)31)11-22-21(26-19)24-15-9-7-14(8-10-15)23-13(2)28;/h4-11H,1-3H3,(H,23,28)(H2,22,24,25,26);1H.